The number of benzene rings is 1. The van der Waals surface area contributed by atoms with Gasteiger partial charge in [-0.15, -0.1) is 11.3 Å². The van der Waals surface area contributed by atoms with Crippen molar-refractivity contribution in [3.8, 4) is 11.1 Å². The lowest BCUT2D eigenvalue weighted by molar-refractivity contribution is 0.0947. The van der Waals surface area contributed by atoms with Crippen LogP contribution in [-0.2, 0) is 4.74 Å². The Bertz CT molecular complexity index is 771. The molecule has 1 aromatic heterocycles. The predicted octanol–water partition coefficient (Wildman–Crippen LogP) is 3.08. The van der Waals surface area contributed by atoms with Crippen LogP contribution in [0.4, 0.5) is 5.00 Å². The molecule has 2 fully saturated rings. The molecule has 2 aliphatic rings. The predicted molar refractivity (Wildman–Crippen MR) is 111 cm³/mol. The fraction of sp³-hybridized carbons (Fsp3) is 0.476. The van der Waals surface area contributed by atoms with E-state index in [0.717, 1.165) is 61.8 Å². The van der Waals surface area contributed by atoms with Gasteiger partial charge in [-0.25, -0.2) is 0 Å². The van der Waals surface area contributed by atoms with Gasteiger partial charge in [-0.1, -0.05) is 30.3 Å². The summed E-state index contributed by atoms with van der Waals surface area (Å²) in [7, 11) is 2.14. The van der Waals surface area contributed by atoms with Crippen LogP contribution >= 0.6 is 11.3 Å². The molecule has 1 N–H and O–H groups in total. The Morgan fingerprint density at radius 3 is 2.70 bits per heavy atom. The van der Waals surface area contributed by atoms with Crippen molar-refractivity contribution in [2.24, 2.45) is 0 Å². The lowest BCUT2D eigenvalue weighted by Gasteiger charge is -2.28. The fourth-order valence-electron chi connectivity index (χ4n) is 3.85. The second-order valence-electron chi connectivity index (χ2n) is 7.28. The molecule has 1 amide bonds. The van der Waals surface area contributed by atoms with Gasteiger partial charge in [0.05, 0.1) is 23.1 Å². The lowest BCUT2D eigenvalue weighted by atomic mass is 10.1. The number of rotatable bonds is 5. The van der Waals surface area contributed by atoms with E-state index in [9.17, 15) is 4.79 Å². The minimum Gasteiger partial charge on any atom is -0.378 e. The third kappa shape index (κ3) is 4.18. The number of hydrogen-bond donors (Lipinski definition) is 1. The van der Waals surface area contributed by atoms with E-state index in [4.69, 9.17) is 4.74 Å². The Morgan fingerprint density at radius 2 is 2.00 bits per heavy atom. The number of likely N-dealkylation sites (N-methyl/N-ethyl adjacent to an activating group) is 1. The number of likely N-dealkylation sites (tertiary alicyclic amines) is 1. The molecule has 4 rings (SSSR count). The molecule has 1 atom stereocenters. The Morgan fingerprint density at radius 1 is 1.22 bits per heavy atom. The average Bonchev–Trinajstić information content (AvgIpc) is 3.34. The number of hydrogen-bond acceptors (Lipinski definition) is 5. The highest BCUT2D eigenvalue weighted by Gasteiger charge is 2.24. The van der Waals surface area contributed by atoms with Crippen molar-refractivity contribution in [1.82, 2.24) is 10.2 Å². The van der Waals surface area contributed by atoms with Crippen LogP contribution in [0.1, 0.15) is 22.5 Å². The average molecular weight is 386 g/mol. The van der Waals surface area contributed by atoms with E-state index in [1.54, 1.807) is 11.3 Å². The van der Waals surface area contributed by atoms with Crippen molar-refractivity contribution in [2.45, 2.75) is 18.9 Å². The molecule has 5 nitrogen and oxygen atoms in total. The second kappa shape index (κ2) is 8.42. The SMILES string of the molecule is CN1CCC[C@@H]1CNC(=O)c1cc(-c2ccccc2)c(N2CCOCC2)s1. The molecule has 144 valence electrons. The molecule has 3 heterocycles. The minimum atomic E-state index is 0.0389. The summed E-state index contributed by atoms with van der Waals surface area (Å²) < 4.78 is 5.51. The largest absolute Gasteiger partial charge is 0.378 e. The van der Waals surface area contributed by atoms with Crippen LogP contribution in [0.5, 0.6) is 0 Å². The first-order valence-electron chi connectivity index (χ1n) is 9.73. The van der Waals surface area contributed by atoms with Crippen LogP contribution in [-0.4, -0.2) is 63.3 Å². The highest BCUT2D eigenvalue weighted by Crippen LogP contribution is 2.39. The summed E-state index contributed by atoms with van der Waals surface area (Å²) in [5, 5.41) is 4.33. The molecule has 0 bridgehead atoms. The molecule has 2 aliphatic heterocycles. The first kappa shape index (κ1) is 18.5. The van der Waals surface area contributed by atoms with E-state index in [1.807, 2.05) is 18.2 Å². The third-order valence-corrected chi connectivity index (χ3v) is 6.68. The Hall–Kier alpha value is -1.89. The van der Waals surface area contributed by atoms with E-state index in [1.165, 1.54) is 11.4 Å². The van der Waals surface area contributed by atoms with Crippen LogP contribution < -0.4 is 10.2 Å². The first-order chi connectivity index (χ1) is 13.2. The fourth-order valence-corrected chi connectivity index (χ4v) is 5.00. The van der Waals surface area contributed by atoms with Crippen LogP contribution in [0.3, 0.4) is 0 Å². The van der Waals surface area contributed by atoms with Crippen molar-refractivity contribution < 1.29 is 9.53 Å². The van der Waals surface area contributed by atoms with Gasteiger partial charge in [-0.3, -0.25) is 4.79 Å². The minimum absolute atomic E-state index is 0.0389. The van der Waals surface area contributed by atoms with Crippen molar-refractivity contribution >= 4 is 22.2 Å². The number of nitrogens with zero attached hydrogens (tertiary/aromatic N) is 2. The Kier molecular flexibility index (Phi) is 5.76. The molecule has 2 saturated heterocycles. The van der Waals surface area contributed by atoms with Gasteiger partial charge in [-0.2, -0.15) is 0 Å². The molecule has 0 unspecified atom stereocenters. The molecule has 0 aliphatic carbocycles. The van der Waals surface area contributed by atoms with Gasteiger partial charge in [0.15, 0.2) is 0 Å². The summed E-state index contributed by atoms with van der Waals surface area (Å²) in [6, 6.07) is 12.9. The molecule has 6 heteroatoms. The molecule has 27 heavy (non-hydrogen) atoms. The molecule has 2 aromatic rings. The molecule has 0 saturated carbocycles. The van der Waals surface area contributed by atoms with Gasteiger partial charge in [0, 0.05) is 31.2 Å². The third-order valence-electron chi connectivity index (χ3n) is 5.49. The summed E-state index contributed by atoms with van der Waals surface area (Å²) >= 11 is 1.60. The van der Waals surface area contributed by atoms with Crippen LogP contribution in [0.15, 0.2) is 36.4 Å². The maximum atomic E-state index is 12.8. The van der Waals surface area contributed by atoms with Gasteiger partial charge in [-0.05, 0) is 38.1 Å². The number of carbonyl (C=O) groups is 1. The first-order valence-corrected chi connectivity index (χ1v) is 10.5. The quantitative estimate of drug-likeness (QED) is 0.859. The Balaban J connectivity index is 1.55. The molecule has 1 aromatic carbocycles. The van der Waals surface area contributed by atoms with Crippen LogP contribution in [0, 0.1) is 0 Å². The lowest BCUT2D eigenvalue weighted by Crippen LogP contribution is -2.38. The van der Waals surface area contributed by atoms with Gasteiger partial charge < -0.3 is 19.9 Å². The summed E-state index contributed by atoms with van der Waals surface area (Å²) in [5.41, 5.74) is 2.30. The van der Waals surface area contributed by atoms with Gasteiger partial charge in [0.25, 0.3) is 5.91 Å². The van der Waals surface area contributed by atoms with Gasteiger partial charge in [0.1, 0.15) is 0 Å². The molecule has 0 radical (unpaired) electrons. The zero-order valence-corrected chi connectivity index (χ0v) is 16.6. The summed E-state index contributed by atoms with van der Waals surface area (Å²) in [5.74, 6) is 0.0389. The number of ether oxygens (including phenoxy) is 1. The molecular formula is C21H27N3O2S. The van der Waals surface area contributed by atoms with Crippen LogP contribution in [0.25, 0.3) is 11.1 Å². The maximum Gasteiger partial charge on any atom is 0.261 e. The summed E-state index contributed by atoms with van der Waals surface area (Å²) in [6.07, 6.45) is 2.38. The topological polar surface area (TPSA) is 44.8 Å². The monoisotopic (exact) mass is 385 g/mol. The summed E-state index contributed by atoms with van der Waals surface area (Å²) in [6.45, 7) is 5.06. The highest BCUT2D eigenvalue weighted by atomic mass is 32.1. The number of anilines is 1. The number of morpholine rings is 1. The van der Waals surface area contributed by atoms with E-state index in [2.05, 4.69) is 40.4 Å². The smallest absolute Gasteiger partial charge is 0.261 e. The van der Waals surface area contributed by atoms with Crippen molar-refractivity contribution in [1.29, 1.82) is 0 Å². The number of thiophene rings is 1. The van der Waals surface area contributed by atoms with E-state index in [0.29, 0.717) is 6.04 Å². The number of nitrogens with one attached hydrogen (secondary N) is 1. The number of carbonyl (C=O) groups excluding carboxylic acids is 1. The van der Waals surface area contributed by atoms with E-state index < -0.39 is 0 Å². The van der Waals surface area contributed by atoms with Gasteiger partial charge in [0.2, 0.25) is 0 Å². The second-order valence-corrected chi connectivity index (χ2v) is 8.31. The highest BCUT2D eigenvalue weighted by molar-refractivity contribution is 7.18. The van der Waals surface area contributed by atoms with Crippen LogP contribution in [0.2, 0.25) is 0 Å². The zero-order valence-electron chi connectivity index (χ0n) is 15.8. The van der Waals surface area contributed by atoms with Crippen molar-refractivity contribution in [2.75, 3.05) is 51.3 Å². The standard InChI is InChI=1S/C21H27N3O2S/c1-23-9-5-8-17(23)15-22-20(25)19-14-18(16-6-3-2-4-7-16)21(27-19)24-10-12-26-13-11-24/h2-4,6-7,14,17H,5,8-13,15H2,1H3,(H,22,25)/t17-/m1/s1. The van der Waals surface area contributed by atoms with Crippen molar-refractivity contribution in [3.05, 3.63) is 41.3 Å². The van der Waals surface area contributed by atoms with Crippen molar-refractivity contribution in [3.63, 3.8) is 0 Å². The van der Waals surface area contributed by atoms with E-state index in [-0.39, 0.29) is 5.91 Å². The maximum absolute atomic E-state index is 12.8. The van der Waals surface area contributed by atoms with E-state index >= 15 is 0 Å². The normalized spacial score (nSPS) is 20.8. The Labute approximate surface area is 164 Å². The van der Waals surface area contributed by atoms with Gasteiger partial charge >= 0.3 is 0 Å². The zero-order chi connectivity index (χ0) is 18.6. The summed E-state index contributed by atoms with van der Waals surface area (Å²) in [4.78, 5) is 18.3. The number of amides is 1. The molecule has 0 spiro atoms. The molecular weight excluding hydrogens is 358 g/mol.